The Morgan fingerprint density at radius 3 is 2.00 bits per heavy atom. The summed E-state index contributed by atoms with van der Waals surface area (Å²) in [7, 11) is 1.76. The number of nitrogens with zero attached hydrogens (tertiary/aromatic N) is 1. The molecule has 0 aromatic heterocycles. The average Bonchev–Trinajstić information content (AvgIpc) is 2.45. The SMILES string of the molecule is CCc1ccc([C@@H](C)NC(=O)CN(C)CC(=O)NC(C)C)cc1. The van der Waals surface area contributed by atoms with E-state index in [9.17, 15) is 9.59 Å². The van der Waals surface area contributed by atoms with Crippen molar-refractivity contribution in [2.45, 2.75) is 46.2 Å². The lowest BCUT2D eigenvalue weighted by molar-refractivity contribution is -0.125. The van der Waals surface area contributed by atoms with E-state index in [1.165, 1.54) is 5.56 Å². The first-order valence-corrected chi connectivity index (χ1v) is 8.18. The molecule has 0 spiro atoms. The van der Waals surface area contributed by atoms with E-state index < -0.39 is 0 Å². The van der Waals surface area contributed by atoms with Crippen molar-refractivity contribution in [1.82, 2.24) is 15.5 Å². The summed E-state index contributed by atoms with van der Waals surface area (Å²) in [6, 6.07) is 8.32. The van der Waals surface area contributed by atoms with E-state index in [0.29, 0.717) is 0 Å². The van der Waals surface area contributed by atoms with Gasteiger partial charge in [0.15, 0.2) is 0 Å². The fourth-order valence-electron chi connectivity index (χ4n) is 2.33. The number of hydrogen-bond acceptors (Lipinski definition) is 3. The zero-order chi connectivity index (χ0) is 17.4. The highest BCUT2D eigenvalue weighted by Gasteiger charge is 2.14. The number of likely N-dealkylation sites (N-methyl/N-ethyl adjacent to an activating group) is 1. The number of rotatable bonds is 8. The van der Waals surface area contributed by atoms with Crippen molar-refractivity contribution in [2.24, 2.45) is 0 Å². The van der Waals surface area contributed by atoms with Gasteiger partial charge in [-0.2, -0.15) is 0 Å². The second kappa shape index (κ2) is 9.30. The molecule has 1 atom stereocenters. The van der Waals surface area contributed by atoms with E-state index in [2.05, 4.69) is 29.7 Å². The molecule has 0 heterocycles. The van der Waals surface area contributed by atoms with Gasteiger partial charge in [-0.1, -0.05) is 31.2 Å². The van der Waals surface area contributed by atoms with Crippen molar-refractivity contribution >= 4 is 11.8 Å². The summed E-state index contributed by atoms with van der Waals surface area (Å²) in [5.74, 6) is -0.157. The van der Waals surface area contributed by atoms with Crippen LogP contribution in [-0.2, 0) is 16.0 Å². The van der Waals surface area contributed by atoms with Gasteiger partial charge >= 0.3 is 0 Å². The minimum atomic E-state index is -0.0862. The van der Waals surface area contributed by atoms with Crippen molar-refractivity contribution < 1.29 is 9.59 Å². The van der Waals surface area contributed by atoms with Crippen molar-refractivity contribution in [3.63, 3.8) is 0 Å². The molecule has 23 heavy (non-hydrogen) atoms. The van der Waals surface area contributed by atoms with Crippen LogP contribution in [-0.4, -0.2) is 42.9 Å². The first kappa shape index (κ1) is 19.2. The fourth-order valence-corrected chi connectivity index (χ4v) is 2.33. The molecule has 0 unspecified atom stereocenters. The number of carbonyl (C=O) groups is 2. The maximum Gasteiger partial charge on any atom is 0.234 e. The second-order valence-corrected chi connectivity index (χ2v) is 6.28. The monoisotopic (exact) mass is 319 g/mol. The molecule has 5 nitrogen and oxygen atoms in total. The van der Waals surface area contributed by atoms with Crippen LogP contribution < -0.4 is 10.6 Å². The average molecular weight is 319 g/mol. The van der Waals surface area contributed by atoms with E-state index in [1.807, 2.05) is 32.9 Å². The zero-order valence-corrected chi connectivity index (χ0v) is 14.8. The number of nitrogens with one attached hydrogen (secondary N) is 2. The second-order valence-electron chi connectivity index (χ2n) is 6.28. The first-order chi connectivity index (χ1) is 10.8. The number of aryl methyl sites for hydroxylation is 1. The quantitative estimate of drug-likeness (QED) is 0.769. The van der Waals surface area contributed by atoms with Crippen LogP contribution >= 0.6 is 0 Å². The highest BCUT2D eigenvalue weighted by atomic mass is 16.2. The molecule has 1 rings (SSSR count). The fraction of sp³-hybridized carbons (Fsp3) is 0.556. The Morgan fingerprint density at radius 1 is 1.00 bits per heavy atom. The molecule has 0 saturated heterocycles. The predicted octanol–water partition coefficient (Wildman–Crippen LogP) is 1.88. The molecule has 2 N–H and O–H groups in total. The van der Waals surface area contributed by atoms with Crippen LogP contribution in [0.2, 0.25) is 0 Å². The van der Waals surface area contributed by atoms with Gasteiger partial charge in [-0.25, -0.2) is 0 Å². The van der Waals surface area contributed by atoms with Gasteiger partial charge in [0.25, 0.3) is 0 Å². The minimum absolute atomic E-state index is 0.0497. The maximum absolute atomic E-state index is 12.1. The largest absolute Gasteiger partial charge is 0.353 e. The third-order valence-corrected chi connectivity index (χ3v) is 3.54. The Balaban J connectivity index is 2.43. The van der Waals surface area contributed by atoms with Crippen LogP contribution in [0.5, 0.6) is 0 Å². The molecule has 0 fully saturated rings. The molecule has 0 aliphatic rings. The Bertz CT molecular complexity index is 512. The third-order valence-electron chi connectivity index (χ3n) is 3.54. The van der Waals surface area contributed by atoms with Crippen molar-refractivity contribution in [1.29, 1.82) is 0 Å². The molecule has 1 aromatic rings. The van der Waals surface area contributed by atoms with Gasteiger partial charge < -0.3 is 10.6 Å². The third kappa shape index (κ3) is 7.28. The van der Waals surface area contributed by atoms with Crippen LogP contribution in [0.1, 0.15) is 44.9 Å². The number of amides is 2. The smallest absolute Gasteiger partial charge is 0.234 e. The van der Waals surface area contributed by atoms with Gasteiger partial charge in [0.2, 0.25) is 11.8 Å². The van der Waals surface area contributed by atoms with Gasteiger partial charge in [0.05, 0.1) is 19.1 Å². The van der Waals surface area contributed by atoms with Crippen LogP contribution in [0.25, 0.3) is 0 Å². The Hall–Kier alpha value is -1.88. The van der Waals surface area contributed by atoms with E-state index >= 15 is 0 Å². The number of carbonyl (C=O) groups excluding carboxylic acids is 2. The van der Waals surface area contributed by atoms with Crippen LogP contribution in [0, 0.1) is 0 Å². The molecule has 1 aromatic carbocycles. The van der Waals surface area contributed by atoms with E-state index in [0.717, 1.165) is 12.0 Å². The number of hydrogen-bond donors (Lipinski definition) is 2. The van der Waals surface area contributed by atoms with Gasteiger partial charge in [-0.05, 0) is 45.4 Å². The number of benzene rings is 1. The predicted molar refractivity (Wildman–Crippen MR) is 93.2 cm³/mol. The molecule has 0 saturated carbocycles. The molecule has 5 heteroatoms. The summed E-state index contributed by atoms with van der Waals surface area (Å²) in [5, 5.41) is 5.78. The van der Waals surface area contributed by atoms with Crippen LogP contribution in [0.3, 0.4) is 0 Å². The summed E-state index contributed by atoms with van der Waals surface area (Å²) >= 11 is 0. The molecule has 128 valence electrons. The van der Waals surface area contributed by atoms with Crippen LogP contribution in [0.4, 0.5) is 0 Å². The lowest BCUT2D eigenvalue weighted by Crippen LogP contribution is -2.42. The zero-order valence-electron chi connectivity index (χ0n) is 14.8. The van der Waals surface area contributed by atoms with Crippen molar-refractivity contribution in [3.05, 3.63) is 35.4 Å². The van der Waals surface area contributed by atoms with E-state index in [1.54, 1.807) is 11.9 Å². The van der Waals surface area contributed by atoms with Crippen LogP contribution in [0.15, 0.2) is 24.3 Å². The standard InChI is InChI=1S/C18H29N3O2/c1-6-15-7-9-16(10-8-15)14(4)20-18(23)12-21(5)11-17(22)19-13(2)3/h7-10,13-14H,6,11-12H2,1-5H3,(H,19,22)(H,20,23)/t14-/m1/s1. The molecule has 0 radical (unpaired) electrons. The highest BCUT2D eigenvalue weighted by Crippen LogP contribution is 2.13. The van der Waals surface area contributed by atoms with Gasteiger partial charge in [-0.3, -0.25) is 14.5 Å². The topological polar surface area (TPSA) is 61.4 Å². The van der Waals surface area contributed by atoms with Crippen molar-refractivity contribution in [3.8, 4) is 0 Å². The normalized spacial score (nSPS) is 12.3. The summed E-state index contributed by atoms with van der Waals surface area (Å²) in [6.07, 6.45) is 1.00. The highest BCUT2D eigenvalue weighted by molar-refractivity contribution is 5.81. The Morgan fingerprint density at radius 2 is 1.52 bits per heavy atom. The summed E-state index contributed by atoms with van der Waals surface area (Å²) < 4.78 is 0. The Labute approximate surface area is 139 Å². The Kier molecular flexibility index (Phi) is 7.75. The maximum atomic E-state index is 12.1. The van der Waals surface area contributed by atoms with Gasteiger partial charge in [0.1, 0.15) is 0 Å². The first-order valence-electron chi connectivity index (χ1n) is 8.18. The van der Waals surface area contributed by atoms with Gasteiger partial charge in [-0.15, -0.1) is 0 Å². The van der Waals surface area contributed by atoms with E-state index in [-0.39, 0.29) is 37.0 Å². The molecule has 0 bridgehead atoms. The van der Waals surface area contributed by atoms with Gasteiger partial charge in [0, 0.05) is 6.04 Å². The molecular weight excluding hydrogens is 290 g/mol. The summed E-state index contributed by atoms with van der Waals surface area (Å²) in [4.78, 5) is 25.5. The molecule has 2 amide bonds. The lowest BCUT2D eigenvalue weighted by Gasteiger charge is -2.19. The molecule has 0 aliphatic carbocycles. The molecule has 0 aliphatic heterocycles. The molecular formula is C18H29N3O2. The summed E-state index contributed by atoms with van der Waals surface area (Å²) in [6.45, 7) is 8.32. The van der Waals surface area contributed by atoms with Crippen molar-refractivity contribution in [2.75, 3.05) is 20.1 Å². The minimum Gasteiger partial charge on any atom is -0.353 e. The summed E-state index contributed by atoms with van der Waals surface area (Å²) in [5.41, 5.74) is 2.36. The van der Waals surface area contributed by atoms with E-state index in [4.69, 9.17) is 0 Å². The lowest BCUT2D eigenvalue weighted by atomic mass is 10.1.